The SMILES string of the molecule is C=CC1CCC2C3C(OC(C)=O)CC4CC(=O)C=CC4(C)C3CCC12C. The number of carbonyl (C=O) groups is 2. The van der Waals surface area contributed by atoms with Gasteiger partial charge in [0.15, 0.2) is 5.78 Å². The molecule has 0 radical (unpaired) electrons. The standard InChI is InChI=1S/C23H32O3/c1-5-15-6-7-18-21-19(9-11-22(15,18)3)23(4)10-8-17(25)12-16(23)13-20(21)26-14(2)24/h5,8,10,15-16,18-21H,1,6-7,9,11-13H2,2-4H3. The van der Waals surface area contributed by atoms with Gasteiger partial charge in [-0.25, -0.2) is 0 Å². The van der Waals surface area contributed by atoms with E-state index >= 15 is 0 Å². The quantitative estimate of drug-likeness (QED) is 0.531. The van der Waals surface area contributed by atoms with Crippen LogP contribution in [0.3, 0.4) is 0 Å². The molecule has 3 saturated carbocycles. The maximum Gasteiger partial charge on any atom is 0.302 e. The van der Waals surface area contributed by atoms with Gasteiger partial charge in [0.1, 0.15) is 6.10 Å². The molecule has 26 heavy (non-hydrogen) atoms. The van der Waals surface area contributed by atoms with Gasteiger partial charge in [0.2, 0.25) is 0 Å². The van der Waals surface area contributed by atoms with Crippen molar-refractivity contribution in [1.82, 2.24) is 0 Å². The van der Waals surface area contributed by atoms with Crippen molar-refractivity contribution in [1.29, 1.82) is 0 Å². The van der Waals surface area contributed by atoms with E-state index in [1.54, 1.807) is 0 Å². The molecule has 3 nitrogen and oxygen atoms in total. The zero-order valence-electron chi connectivity index (χ0n) is 16.4. The molecule has 4 aliphatic carbocycles. The minimum Gasteiger partial charge on any atom is -0.462 e. The molecule has 8 atom stereocenters. The van der Waals surface area contributed by atoms with Crippen LogP contribution in [-0.4, -0.2) is 17.9 Å². The summed E-state index contributed by atoms with van der Waals surface area (Å²) in [6.45, 7) is 10.4. The first-order valence-electron chi connectivity index (χ1n) is 10.3. The van der Waals surface area contributed by atoms with Crippen molar-refractivity contribution in [3.05, 3.63) is 24.8 Å². The molecule has 0 aromatic rings. The van der Waals surface area contributed by atoms with E-state index in [2.05, 4.69) is 32.6 Å². The van der Waals surface area contributed by atoms with E-state index in [1.807, 2.05) is 6.08 Å². The van der Waals surface area contributed by atoms with E-state index in [1.165, 1.54) is 26.2 Å². The third-order valence-electron chi connectivity index (χ3n) is 8.71. The van der Waals surface area contributed by atoms with E-state index in [0.29, 0.717) is 36.0 Å². The minimum absolute atomic E-state index is 0.0388. The second-order valence-electron chi connectivity index (χ2n) is 9.70. The molecule has 0 aromatic carbocycles. The Morgan fingerprint density at radius 2 is 2.04 bits per heavy atom. The summed E-state index contributed by atoms with van der Waals surface area (Å²) < 4.78 is 5.91. The first-order chi connectivity index (χ1) is 12.3. The second-order valence-corrected chi connectivity index (χ2v) is 9.70. The molecule has 0 saturated heterocycles. The Balaban J connectivity index is 1.75. The summed E-state index contributed by atoms with van der Waals surface area (Å²) in [5.41, 5.74) is 0.335. The third-order valence-corrected chi connectivity index (χ3v) is 8.71. The summed E-state index contributed by atoms with van der Waals surface area (Å²) >= 11 is 0. The lowest BCUT2D eigenvalue weighted by atomic mass is 9.45. The lowest BCUT2D eigenvalue weighted by molar-refractivity contribution is -0.177. The Labute approximate surface area is 157 Å². The predicted octanol–water partition coefficient (Wildman–Crippen LogP) is 4.72. The zero-order valence-corrected chi connectivity index (χ0v) is 16.4. The Bertz CT molecular complexity index is 664. The van der Waals surface area contributed by atoms with Crippen LogP contribution in [0.25, 0.3) is 0 Å². The van der Waals surface area contributed by atoms with Gasteiger partial charge in [0.05, 0.1) is 0 Å². The molecule has 8 unspecified atom stereocenters. The number of allylic oxidation sites excluding steroid dienone is 3. The number of fused-ring (bicyclic) bond motifs is 5. The molecule has 0 N–H and O–H groups in total. The van der Waals surface area contributed by atoms with Crippen LogP contribution in [0.2, 0.25) is 0 Å². The number of ether oxygens (including phenoxy) is 1. The topological polar surface area (TPSA) is 43.4 Å². The van der Waals surface area contributed by atoms with Gasteiger partial charge in [0, 0.05) is 19.3 Å². The molecule has 0 bridgehead atoms. The molecule has 4 rings (SSSR count). The van der Waals surface area contributed by atoms with E-state index in [9.17, 15) is 9.59 Å². The van der Waals surface area contributed by atoms with Crippen LogP contribution in [0.1, 0.15) is 59.3 Å². The molecule has 0 heterocycles. The van der Waals surface area contributed by atoms with E-state index < -0.39 is 0 Å². The number of ketones is 1. The van der Waals surface area contributed by atoms with Crippen LogP contribution in [0.15, 0.2) is 24.8 Å². The van der Waals surface area contributed by atoms with Gasteiger partial charge in [-0.3, -0.25) is 9.59 Å². The van der Waals surface area contributed by atoms with Gasteiger partial charge in [-0.1, -0.05) is 26.0 Å². The van der Waals surface area contributed by atoms with E-state index in [4.69, 9.17) is 4.74 Å². The third kappa shape index (κ3) is 2.46. The second kappa shape index (κ2) is 6.07. The highest BCUT2D eigenvalue weighted by molar-refractivity contribution is 5.91. The normalized spacial score (nSPS) is 49.7. The lowest BCUT2D eigenvalue weighted by Crippen LogP contribution is -2.58. The molecule has 0 spiro atoms. The van der Waals surface area contributed by atoms with Crippen molar-refractivity contribution in [2.24, 2.45) is 40.4 Å². The molecule has 0 aromatic heterocycles. The van der Waals surface area contributed by atoms with Crippen LogP contribution in [-0.2, 0) is 14.3 Å². The summed E-state index contributed by atoms with van der Waals surface area (Å²) in [4.78, 5) is 23.9. The van der Waals surface area contributed by atoms with Gasteiger partial charge >= 0.3 is 5.97 Å². The lowest BCUT2D eigenvalue weighted by Gasteiger charge is -2.60. The first-order valence-corrected chi connectivity index (χ1v) is 10.3. The summed E-state index contributed by atoms with van der Waals surface area (Å²) in [5.74, 6) is 2.39. The molecule has 3 heteroatoms. The number of carbonyl (C=O) groups excluding carboxylic acids is 2. The Morgan fingerprint density at radius 1 is 1.27 bits per heavy atom. The summed E-state index contributed by atoms with van der Waals surface area (Å²) in [6.07, 6.45) is 12.4. The molecule has 0 aliphatic heterocycles. The maximum absolute atomic E-state index is 12.1. The van der Waals surface area contributed by atoms with Crippen LogP contribution < -0.4 is 0 Å². The largest absolute Gasteiger partial charge is 0.462 e. The van der Waals surface area contributed by atoms with Crippen LogP contribution in [0, 0.1) is 40.4 Å². The van der Waals surface area contributed by atoms with Crippen LogP contribution in [0.5, 0.6) is 0 Å². The predicted molar refractivity (Wildman–Crippen MR) is 101 cm³/mol. The molecule has 4 aliphatic rings. The molecule has 3 fully saturated rings. The fraction of sp³-hybridized carbons (Fsp3) is 0.739. The fourth-order valence-corrected chi connectivity index (χ4v) is 7.35. The highest BCUT2D eigenvalue weighted by Gasteiger charge is 2.62. The highest BCUT2D eigenvalue weighted by Crippen LogP contribution is 2.67. The van der Waals surface area contributed by atoms with Gasteiger partial charge < -0.3 is 4.74 Å². The average Bonchev–Trinajstić information content (AvgIpc) is 2.92. The van der Waals surface area contributed by atoms with E-state index in [-0.39, 0.29) is 28.7 Å². The molecule has 0 amide bonds. The molecular weight excluding hydrogens is 324 g/mol. The minimum atomic E-state index is -0.180. The number of hydrogen-bond acceptors (Lipinski definition) is 3. The van der Waals surface area contributed by atoms with Crippen LogP contribution in [0.4, 0.5) is 0 Å². The van der Waals surface area contributed by atoms with Crippen molar-refractivity contribution in [3.63, 3.8) is 0 Å². The Morgan fingerprint density at radius 3 is 2.73 bits per heavy atom. The van der Waals surface area contributed by atoms with Crippen LogP contribution >= 0.6 is 0 Å². The van der Waals surface area contributed by atoms with Crippen molar-refractivity contribution >= 4 is 11.8 Å². The Hall–Kier alpha value is -1.38. The number of hydrogen-bond donors (Lipinski definition) is 0. The smallest absolute Gasteiger partial charge is 0.302 e. The van der Waals surface area contributed by atoms with Crippen molar-refractivity contribution < 1.29 is 14.3 Å². The monoisotopic (exact) mass is 356 g/mol. The van der Waals surface area contributed by atoms with Crippen molar-refractivity contribution in [2.45, 2.75) is 65.4 Å². The highest BCUT2D eigenvalue weighted by atomic mass is 16.5. The molecular formula is C23H32O3. The number of esters is 1. The summed E-state index contributed by atoms with van der Waals surface area (Å²) in [7, 11) is 0. The van der Waals surface area contributed by atoms with Gasteiger partial charge in [0.25, 0.3) is 0 Å². The zero-order chi connectivity index (χ0) is 18.7. The summed E-state index contributed by atoms with van der Waals surface area (Å²) in [6, 6.07) is 0. The fourth-order valence-electron chi connectivity index (χ4n) is 7.35. The average molecular weight is 357 g/mol. The maximum atomic E-state index is 12.1. The molecule has 142 valence electrons. The number of rotatable bonds is 2. The van der Waals surface area contributed by atoms with Gasteiger partial charge in [-0.2, -0.15) is 0 Å². The van der Waals surface area contributed by atoms with Crippen molar-refractivity contribution in [3.8, 4) is 0 Å². The van der Waals surface area contributed by atoms with E-state index in [0.717, 1.165) is 12.8 Å². The first kappa shape index (κ1) is 18.0. The van der Waals surface area contributed by atoms with Gasteiger partial charge in [-0.05, 0) is 72.7 Å². The van der Waals surface area contributed by atoms with Gasteiger partial charge in [-0.15, -0.1) is 6.58 Å². The summed E-state index contributed by atoms with van der Waals surface area (Å²) in [5, 5.41) is 0. The Kier molecular flexibility index (Phi) is 4.20. The van der Waals surface area contributed by atoms with Crippen molar-refractivity contribution in [2.75, 3.05) is 0 Å².